The molecule has 6 nitrogen and oxygen atoms in total. The Morgan fingerprint density at radius 1 is 0.273 bits per heavy atom. The fourth-order valence-electron chi connectivity index (χ4n) is 9.14. The van der Waals surface area contributed by atoms with Gasteiger partial charge in [0, 0.05) is 19.3 Å². The quantitative estimate of drug-likeness (QED) is 0.0261. The van der Waals surface area contributed by atoms with Gasteiger partial charge >= 0.3 is 17.9 Å². The second-order valence-electron chi connectivity index (χ2n) is 21.6. The first-order valence-electron chi connectivity index (χ1n) is 32.7. The lowest BCUT2D eigenvalue weighted by atomic mass is 10.0. The van der Waals surface area contributed by atoms with E-state index in [2.05, 4.69) is 118 Å². The van der Waals surface area contributed by atoms with E-state index < -0.39 is 6.10 Å². The molecule has 77 heavy (non-hydrogen) atoms. The van der Waals surface area contributed by atoms with E-state index in [0.29, 0.717) is 19.3 Å². The van der Waals surface area contributed by atoms with Crippen molar-refractivity contribution in [2.75, 3.05) is 13.2 Å². The van der Waals surface area contributed by atoms with Crippen LogP contribution in [0.1, 0.15) is 316 Å². The molecule has 0 heterocycles. The fourth-order valence-corrected chi connectivity index (χ4v) is 9.14. The minimum absolute atomic E-state index is 0.0883. The third-order valence-electron chi connectivity index (χ3n) is 14.0. The standard InChI is InChI=1S/C71H122O6/c1-4-7-10-13-16-19-22-25-28-30-32-33-34-35-36-37-39-40-43-46-49-52-55-58-61-64-70(73)76-67-68(66-75-69(72)63-60-57-54-51-48-45-42-27-24-21-18-15-12-9-6-3)77-71(74)65-62-59-56-53-50-47-44-41-38-31-29-26-23-20-17-14-11-8-5-2/h9,12,17-18,20-22,25-27,29-30,32,38,41-42,68H,4-8,10-11,13-16,19,23-24,28,31,33-37,39-40,43-67H2,1-3H3/b12-9-,20-17-,21-18-,25-22-,29-26-,32-30-,41-38-,42-27-. The molecule has 0 amide bonds. The Labute approximate surface area is 477 Å². The molecule has 0 bridgehead atoms. The smallest absolute Gasteiger partial charge is 0.306 e. The van der Waals surface area contributed by atoms with E-state index in [-0.39, 0.29) is 31.1 Å². The summed E-state index contributed by atoms with van der Waals surface area (Å²) in [6.45, 7) is 6.49. The van der Waals surface area contributed by atoms with Crippen LogP contribution in [-0.4, -0.2) is 37.2 Å². The van der Waals surface area contributed by atoms with E-state index in [1.165, 1.54) is 148 Å². The average Bonchev–Trinajstić information content (AvgIpc) is 3.43. The first-order valence-corrected chi connectivity index (χ1v) is 32.7. The maximum absolute atomic E-state index is 12.9. The van der Waals surface area contributed by atoms with Crippen LogP contribution >= 0.6 is 0 Å². The molecule has 6 heteroatoms. The molecule has 1 atom stereocenters. The van der Waals surface area contributed by atoms with Crippen molar-refractivity contribution in [3.63, 3.8) is 0 Å². The second-order valence-corrected chi connectivity index (χ2v) is 21.6. The van der Waals surface area contributed by atoms with Crippen LogP contribution in [0.2, 0.25) is 0 Å². The van der Waals surface area contributed by atoms with E-state index >= 15 is 0 Å². The Balaban J connectivity index is 4.36. The highest BCUT2D eigenvalue weighted by Gasteiger charge is 2.19. The van der Waals surface area contributed by atoms with Crippen LogP contribution < -0.4 is 0 Å². The summed E-state index contributed by atoms with van der Waals surface area (Å²) in [5.41, 5.74) is 0. The zero-order valence-electron chi connectivity index (χ0n) is 50.7. The van der Waals surface area contributed by atoms with Crippen LogP contribution in [0.4, 0.5) is 0 Å². The summed E-state index contributed by atoms with van der Waals surface area (Å²) in [5.74, 6) is -0.909. The van der Waals surface area contributed by atoms with Crippen molar-refractivity contribution in [1.82, 2.24) is 0 Å². The van der Waals surface area contributed by atoms with Gasteiger partial charge in [-0.3, -0.25) is 14.4 Å². The largest absolute Gasteiger partial charge is 0.462 e. The molecule has 0 N–H and O–H groups in total. The predicted octanol–water partition coefficient (Wildman–Crippen LogP) is 22.4. The number of carbonyl (C=O) groups excluding carboxylic acids is 3. The Kier molecular flexibility index (Phi) is 61.8. The first-order chi connectivity index (χ1) is 38.0. The van der Waals surface area contributed by atoms with E-state index in [4.69, 9.17) is 14.2 Å². The van der Waals surface area contributed by atoms with Crippen LogP contribution in [0.15, 0.2) is 97.2 Å². The molecule has 0 aliphatic heterocycles. The van der Waals surface area contributed by atoms with E-state index in [9.17, 15) is 14.4 Å². The SMILES string of the molecule is CC/C=C\C/C=C\C/C=C\CCCCCCCC(=O)OCC(COC(=O)CCCCCCCCCCCCCCC/C=C\C/C=C\CCCCCCC)OC(=O)CCCCCCCC/C=C\C/C=C\C/C=C\CCCCC. The fraction of sp³-hybridized carbons (Fsp3) is 0.732. The van der Waals surface area contributed by atoms with Crippen molar-refractivity contribution in [3.05, 3.63) is 97.2 Å². The second kappa shape index (κ2) is 64.9. The molecule has 0 spiro atoms. The number of allylic oxidation sites excluding steroid dienone is 16. The molecule has 0 saturated carbocycles. The molecule has 0 aromatic carbocycles. The van der Waals surface area contributed by atoms with Gasteiger partial charge in [-0.2, -0.15) is 0 Å². The summed E-state index contributed by atoms with van der Waals surface area (Å²) in [4.78, 5) is 38.4. The number of hydrogen-bond acceptors (Lipinski definition) is 6. The maximum Gasteiger partial charge on any atom is 0.306 e. The van der Waals surface area contributed by atoms with Crippen LogP contribution in [-0.2, 0) is 28.6 Å². The van der Waals surface area contributed by atoms with Crippen molar-refractivity contribution < 1.29 is 28.6 Å². The number of rotatable bonds is 59. The number of carbonyl (C=O) groups is 3. The van der Waals surface area contributed by atoms with Crippen molar-refractivity contribution in [1.29, 1.82) is 0 Å². The highest BCUT2D eigenvalue weighted by atomic mass is 16.6. The van der Waals surface area contributed by atoms with Crippen LogP contribution in [0.25, 0.3) is 0 Å². The topological polar surface area (TPSA) is 78.9 Å². The van der Waals surface area contributed by atoms with Gasteiger partial charge in [-0.1, -0.05) is 272 Å². The Hall–Kier alpha value is -3.67. The van der Waals surface area contributed by atoms with Gasteiger partial charge in [-0.15, -0.1) is 0 Å². The zero-order chi connectivity index (χ0) is 55.7. The zero-order valence-corrected chi connectivity index (χ0v) is 50.7. The van der Waals surface area contributed by atoms with Gasteiger partial charge in [0.25, 0.3) is 0 Å². The lowest BCUT2D eigenvalue weighted by Crippen LogP contribution is -2.30. The number of unbranched alkanes of at least 4 members (excludes halogenated alkanes) is 32. The molecular formula is C71H122O6. The lowest BCUT2D eigenvalue weighted by molar-refractivity contribution is -0.167. The summed E-state index contributed by atoms with van der Waals surface area (Å²) in [6, 6.07) is 0. The summed E-state index contributed by atoms with van der Waals surface area (Å²) in [5, 5.41) is 0. The van der Waals surface area contributed by atoms with Crippen LogP contribution in [0.5, 0.6) is 0 Å². The van der Waals surface area contributed by atoms with Gasteiger partial charge in [-0.05, 0) is 122 Å². The highest BCUT2D eigenvalue weighted by Crippen LogP contribution is 2.16. The molecule has 0 aromatic rings. The minimum Gasteiger partial charge on any atom is -0.462 e. The van der Waals surface area contributed by atoms with Gasteiger partial charge in [-0.25, -0.2) is 0 Å². The van der Waals surface area contributed by atoms with E-state index in [1.54, 1.807) is 0 Å². The predicted molar refractivity (Wildman–Crippen MR) is 334 cm³/mol. The average molecular weight is 1070 g/mol. The molecule has 0 aromatic heterocycles. The van der Waals surface area contributed by atoms with E-state index in [1.807, 2.05) is 0 Å². The number of esters is 3. The maximum atomic E-state index is 12.9. The molecule has 0 aliphatic carbocycles. The minimum atomic E-state index is -0.794. The molecule has 0 fully saturated rings. The van der Waals surface area contributed by atoms with Crippen LogP contribution in [0.3, 0.4) is 0 Å². The van der Waals surface area contributed by atoms with Crippen molar-refractivity contribution >= 4 is 17.9 Å². The van der Waals surface area contributed by atoms with Gasteiger partial charge in [0.1, 0.15) is 13.2 Å². The van der Waals surface area contributed by atoms with Crippen molar-refractivity contribution in [2.24, 2.45) is 0 Å². The van der Waals surface area contributed by atoms with Crippen molar-refractivity contribution in [2.45, 2.75) is 322 Å². The molecule has 0 rings (SSSR count). The molecule has 0 saturated heterocycles. The third kappa shape index (κ3) is 63.0. The van der Waals surface area contributed by atoms with Crippen LogP contribution in [0, 0.1) is 0 Å². The molecule has 0 radical (unpaired) electrons. The van der Waals surface area contributed by atoms with Gasteiger partial charge < -0.3 is 14.2 Å². The molecule has 1 unspecified atom stereocenters. The summed E-state index contributed by atoms with van der Waals surface area (Å²) >= 11 is 0. The molecule has 0 aliphatic rings. The Bertz CT molecular complexity index is 1510. The Morgan fingerprint density at radius 3 is 0.818 bits per heavy atom. The number of hydrogen-bond donors (Lipinski definition) is 0. The summed E-state index contributed by atoms with van der Waals surface area (Å²) in [7, 11) is 0. The monoisotopic (exact) mass is 1070 g/mol. The molecule has 442 valence electrons. The highest BCUT2D eigenvalue weighted by molar-refractivity contribution is 5.71. The first kappa shape index (κ1) is 73.3. The summed E-state index contributed by atoms with van der Waals surface area (Å²) < 4.78 is 16.9. The van der Waals surface area contributed by atoms with Gasteiger partial charge in [0.2, 0.25) is 0 Å². The van der Waals surface area contributed by atoms with Crippen molar-refractivity contribution in [3.8, 4) is 0 Å². The lowest BCUT2D eigenvalue weighted by Gasteiger charge is -2.18. The normalized spacial score (nSPS) is 12.7. The third-order valence-corrected chi connectivity index (χ3v) is 14.0. The Morgan fingerprint density at radius 2 is 0.506 bits per heavy atom. The van der Waals surface area contributed by atoms with Gasteiger partial charge in [0.15, 0.2) is 6.10 Å². The number of ether oxygens (including phenoxy) is 3. The molecular weight excluding hydrogens is 949 g/mol. The summed E-state index contributed by atoms with van der Waals surface area (Å²) in [6.07, 6.45) is 87.0. The van der Waals surface area contributed by atoms with Gasteiger partial charge in [0.05, 0.1) is 0 Å². The van der Waals surface area contributed by atoms with E-state index in [0.717, 1.165) is 128 Å².